The lowest BCUT2D eigenvalue weighted by molar-refractivity contribution is -0.132. The third-order valence-corrected chi connectivity index (χ3v) is 7.85. The van der Waals surface area contributed by atoms with Crippen LogP contribution in [0.2, 0.25) is 5.02 Å². The number of nitrogens with zero attached hydrogens (tertiary/aromatic N) is 4. The highest BCUT2D eigenvalue weighted by Gasteiger charge is 2.41. The quantitative estimate of drug-likeness (QED) is 0.394. The van der Waals surface area contributed by atoms with Crippen molar-refractivity contribution in [2.75, 3.05) is 44.7 Å². The molecule has 0 bridgehead atoms. The molecule has 0 radical (unpaired) electrons. The van der Waals surface area contributed by atoms with Crippen LogP contribution < -0.4 is 15.0 Å². The number of piperidine rings is 1. The molecule has 2 saturated heterocycles. The van der Waals surface area contributed by atoms with Gasteiger partial charge in [-0.25, -0.2) is 0 Å². The number of halogens is 1. The van der Waals surface area contributed by atoms with Crippen molar-refractivity contribution in [1.29, 1.82) is 5.26 Å². The summed E-state index contributed by atoms with van der Waals surface area (Å²) in [7, 11) is 2.03. The van der Waals surface area contributed by atoms with Crippen LogP contribution in [0.5, 0.6) is 5.75 Å². The molecule has 1 amide bonds. The molecule has 0 spiro atoms. The number of likely N-dealkylation sites (tertiary alicyclic amines) is 1. The highest BCUT2D eigenvalue weighted by molar-refractivity contribution is 6.30. The molecule has 2 aromatic carbocycles. The number of carbonyl (C=O) groups excluding carboxylic acids is 1. The fraction of sp³-hybridized carbons (Fsp3) is 0.355. The monoisotopic (exact) mass is 575 g/mol. The van der Waals surface area contributed by atoms with E-state index in [1.54, 1.807) is 6.07 Å². The van der Waals surface area contributed by atoms with Gasteiger partial charge >= 0.3 is 0 Å². The molecular weight excluding hydrogens is 542 g/mol. The summed E-state index contributed by atoms with van der Waals surface area (Å²) in [6, 6.07) is 19.7. The lowest BCUT2D eigenvalue weighted by atomic mass is 9.80. The minimum atomic E-state index is -0.536. The molecule has 9 nitrogen and oxygen atoms in total. The van der Waals surface area contributed by atoms with Crippen molar-refractivity contribution in [3.8, 4) is 23.1 Å². The van der Waals surface area contributed by atoms with Crippen molar-refractivity contribution < 1.29 is 19.4 Å². The fourth-order valence-electron chi connectivity index (χ4n) is 5.49. The summed E-state index contributed by atoms with van der Waals surface area (Å²) >= 11 is 6.13. The predicted molar refractivity (Wildman–Crippen MR) is 158 cm³/mol. The van der Waals surface area contributed by atoms with E-state index in [4.69, 9.17) is 31.2 Å². The van der Waals surface area contributed by atoms with Crippen molar-refractivity contribution in [3.63, 3.8) is 0 Å². The zero-order valence-electron chi connectivity index (χ0n) is 23.2. The minimum absolute atomic E-state index is 0.00154. The second-order valence-corrected chi connectivity index (χ2v) is 10.7. The van der Waals surface area contributed by atoms with Gasteiger partial charge in [0.1, 0.15) is 11.8 Å². The Balaban J connectivity index is 0.00000124. The first kappa shape index (κ1) is 29.8. The van der Waals surface area contributed by atoms with Crippen molar-refractivity contribution in [1.82, 2.24) is 15.2 Å². The Morgan fingerprint density at radius 3 is 2.54 bits per heavy atom. The lowest BCUT2D eigenvalue weighted by Gasteiger charge is -2.45. The summed E-state index contributed by atoms with van der Waals surface area (Å²) in [5.74, 6) is 0.894. The van der Waals surface area contributed by atoms with Crippen LogP contribution in [0.15, 0.2) is 60.8 Å². The minimum Gasteiger partial charge on any atom is -0.493 e. The number of hydrogen-bond donors (Lipinski definition) is 2. The second kappa shape index (κ2) is 13.5. The second-order valence-electron chi connectivity index (χ2n) is 10.2. The molecule has 2 N–H and O–H groups in total. The van der Waals surface area contributed by atoms with Crippen LogP contribution in [-0.4, -0.2) is 67.2 Å². The average molecular weight is 576 g/mol. The zero-order valence-corrected chi connectivity index (χ0v) is 24.0. The first-order chi connectivity index (χ1) is 19.8. The molecule has 0 saturated carbocycles. The number of amides is 1. The average Bonchev–Trinajstić information content (AvgIpc) is 2.97. The number of benzene rings is 2. The van der Waals surface area contributed by atoms with Crippen molar-refractivity contribution in [3.05, 3.63) is 76.9 Å². The molecule has 0 aliphatic carbocycles. The van der Waals surface area contributed by atoms with Gasteiger partial charge in [-0.3, -0.25) is 14.6 Å². The standard InChI is InChI=1S/C30H32ClN5O2.CH2O2/c1-3-38-28-7-5-4-6-25(28)26-10-8-23(18-33-26)30(34-29(37)22-19-35(2)20-22)12-14-36(15-13-30)27-11-9-24(31)16-21(27)17-32;2-1-3/h4-11,16,18,22H,3,12-15,19-20H2,1-2H3,(H,34,37);1H,(H,2,3). The molecule has 3 heterocycles. The highest BCUT2D eigenvalue weighted by Crippen LogP contribution is 2.38. The molecule has 10 heteroatoms. The number of anilines is 1. The Labute approximate surface area is 245 Å². The smallest absolute Gasteiger partial charge is 0.290 e. The van der Waals surface area contributed by atoms with Gasteiger partial charge in [0.25, 0.3) is 6.47 Å². The number of hydrogen-bond acceptors (Lipinski definition) is 7. The summed E-state index contributed by atoms with van der Waals surface area (Å²) in [6.45, 7) is 5.23. The van der Waals surface area contributed by atoms with E-state index in [0.717, 1.165) is 41.3 Å². The van der Waals surface area contributed by atoms with Crippen LogP contribution in [-0.2, 0) is 15.1 Å². The molecular formula is C31H34ClN5O4. The fourth-order valence-corrected chi connectivity index (χ4v) is 5.66. The molecule has 1 aromatic heterocycles. The molecule has 0 unspecified atom stereocenters. The maximum atomic E-state index is 13.3. The third kappa shape index (κ3) is 6.79. The third-order valence-electron chi connectivity index (χ3n) is 7.61. The van der Waals surface area contributed by atoms with E-state index in [9.17, 15) is 10.1 Å². The van der Waals surface area contributed by atoms with Crippen LogP contribution in [0.25, 0.3) is 11.3 Å². The van der Waals surface area contributed by atoms with Gasteiger partial charge in [0.2, 0.25) is 5.91 Å². The van der Waals surface area contributed by atoms with Crippen LogP contribution in [0.3, 0.4) is 0 Å². The van der Waals surface area contributed by atoms with Gasteiger partial charge in [0.05, 0.1) is 35.0 Å². The largest absolute Gasteiger partial charge is 0.493 e. The molecule has 214 valence electrons. The number of para-hydroxylation sites is 1. The van der Waals surface area contributed by atoms with E-state index < -0.39 is 5.54 Å². The van der Waals surface area contributed by atoms with Gasteiger partial charge in [-0.05, 0) is 68.8 Å². The van der Waals surface area contributed by atoms with E-state index in [1.165, 1.54) is 0 Å². The normalized spacial score (nSPS) is 16.4. The van der Waals surface area contributed by atoms with Gasteiger partial charge in [0.15, 0.2) is 0 Å². The van der Waals surface area contributed by atoms with Gasteiger partial charge in [-0.15, -0.1) is 0 Å². The summed E-state index contributed by atoms with van der Waals surface area (Å²) in [5.41, 5.74) is 3.66. The van der Waals surface area contributed by atoms with Crippen molar-refractivity contribution in [2.45, 2.75) is 25.3 Å². The maximum Gasteiger partial charge on any atom is 0.290 e. The van der Waals surface area contributed by atoms with E-state index in [-0.39, 0.29) is 18.3 Å². The van der Waals surface area contributed by atoms with Gasteiger partial charge in [0, 0.05) is 43.0 Å². The maximum absolute atomic E-state index is 13.3. The van der Waals surface area contributed by atoms with Crippen LogP contribution in [0.4, 0.5) is 5.69 Å². The van der Waals surface area contributed by atoms with E-state index in [1.807, 2.05) is 62.6 Å². The number of carboxylic acid groups (broad SMARTS) is 1. The van der Waals surface area contributed by atoms with E-state index >= 15 is 0 Å². The molecule has 2 aliphatic heterocycles. The molecule has 2 aliphatic rings. The number of rotatable bonds is 7. The Morgan fingerprint density at radius 1 is 1.22 bits per heavy atom. The van der Waals surface area contributed by atoms with E-state index in [2.05, 4.69) is 27.3 Å². The SMILES string of the molecule is CCOc1ccccc1-c1ccc(C2(NC(=O)C3CN(C)C3)CCN(c3ccc(Cl)cc3C#N)CC2)cn1.O=CO. The number of nitrogens with one attached hydrogen (secondary N) is 1. The number of aromatic nitrogens is 1. The first-order valence-electron chi connectivity index (χ1n) is 13.6. The Bertz CT molecular complexity index is 1390. The Kier molecular flexibility index (Phi) is 9.82. The summed E-state index contributed by atoms with van der Waals surface area (Å²) in [4.78, 5) is 30.8. The molecule has 2 fully saturated rings. The summed E-state index contributed by atoms with van der Waals surface area (Å²) < 4.78 is 5.81. The lowest BCUT2D eigenvalue weighted by Crippen LogP contribution is -2.59. The molecule has 5 rings (SSSR count). The molecule has 3 aromatic rings. The Hall–Kier alpha value is -4.13. The number of ether oxygens (including phenoxy) is 1. The molecule has 0 atom stereocenters. The molecule has 41 heavy (non-hydrogen) atoms. The van der Waals surface area contributed by atoms with Crippen LogP contribution in [0.1, 0.15) is 30.9 Å². The zero-order chi connectivity index (χ0) is 29.4. The van der Waals surface area contributed by atoms with Crippen LogP contribution >= 0.6 is 11.6 Å². The Morgan fingerprint density at radius 2 is 1.93 bits per heavy atom. The van der Waals surface area contributed by atoms with E-state index in [0.29, 0.717) is 43.1 Å². The highest BCUT2D eigenvalue weighted by atomic mass is 35.5. The first-order valence-corrected chi connectivity index (χ1v) is 13.9. The van der Waals surface area contributed by atoms with Gasteiger partial charge < -0.3 is 25.0 Å². The van der Waals surface area contributed by atoms with Gasteiger partial charge in [-0.1, -0.05) is 29.8 Å². The summed E-state index contributed by atoms with van der Waals surface area (Å²) in [5, 5.41) is 20.5. The topological polar surface area (TPSA) is 119 Å². The van der Waals surface area contributed by atoms with Crippen molar-refractivity contribution >= 4 is 29.7 Å². The van der Waals surface area contributed by atoms with Crippen molar-refractivity contribution in [2.24, 2.45) is 5.92 Å². The summed E-state index contributed by atoms with van der Waals surface area (Å²) in [6.07, 6.45) is 3.29. The number of pyridine rings is 1. The predicted octanol–water partition coefficient (Wildman–Crippen LogP) is 4.55. The van der Waals surface area contributed by atoms with Crippen LogP contribution in [0, 0.1) is 17.2 Å². The van der Waals surface area contributed by atoms with Gasteiger partial charge in [-0.2, -0.15) is 5.26 Å². The number of carbonyl (C=O) groups is 2. The number of nitriles is 1.